The van der Waals surface area contributed by atoms with E-state index in [4.69, 9.17) is 10.8 Å². The molecule has 1 aliphatic rings. The summed E-state index contributed by atoms with van der Waals surface area (Å²) in [7, 11) is 0. The van der Waals surface area contributed by atoms with Gasteiger partial charge in [0.25, 0.3) is 0 Å². The average Bonchev–Trinajstić information content (AvgIpc) is 2.46. The van der Waals surface area contributed by atoms with Crippen LogP contribution in [0, 0.1) is 11.7 Å². The Balaban J connectivity index is 1.93. The zero-order chi connectivity index (χ0) is 15.4. The van der Waals surface area contributed by atoms with E-state index in [0.717, 1.165) is 18.9 Å². The molecule has 0 aromatic heterocycles. The summed E-state index contributed by atoms with van der Waals surface area (Å²) < 4.78 is 13.8. The van der Waals surface area contributed by atoms with Crippen LogP contribution in [0.15, 0.2) is 18.2 Å². The minimum absolute atomic E-state index is 0.0788. The second-order valence-electron chi connectivity index (χ2n) is 5.45. The SMILES string of the molecule is NC(=O)c1ccc(CNC2CCCC(C(=O)O)C2)c(F)c1. The van der Waals surface area contributed by atoms with Crippen LogP contribution in [0.25, 0.3) is 0 Å². The first-order valence-electron chi connectivity index (χ1n) is 7.01. The Kier molecular flexibility index (Phi) is 4.90. The van der Waals surface area contributed by atoms with Gasteiger partial charge >= 0.3 is 5.97 Å². The van der Waals surface area contributed by atoms with Gasteiger partial charge in [0.15, 0.2) is 0 Å². The fourth-order valence-electron chi connectivity index (χ4n) is 2.70. The molecule has 21 heavy (non-hydrogen) atoms. The van der Waals surface area contributed by atoms with Crippen LogP contribution < -0.4 is 11.1 Å². The van der Waals surface area contributed by atoms with Gasteiger partial charge in [0.2, 0.25) is 5.91 Å². The third-order valence-corrected chi connectivity index (χ3v) is 3.94. The highest BCUT2D eigenvalue weighted by Gasteiger charge is 2.26. The second-order valence-corrected chi connectivity index (χ2v) is 5.45. The molecule has 0 spiro atoms. The van der Waals surface area contributed by atoms with Crippen LogP contribution in [-0.2, 0) is 11.3 Å². The van der Waals surface area contributed by atoms with Crippen LogP contribution in [0.4, 0.5) is 4.39 Å². The van der Waals surface area contributed by atoms with Crippen molar-refractivity contribution in [2.75, 3.05) is 0 Å². The Morgan fingerprint density at radius 2 is 2.14 bits per heavy atom. The van der Waals surface area contributed by atoms with Gasteiger partial charge in [0, 0.05) is 23.7 Å². The summed E-state index contributed by atoms with van der Waals surface area (Å²) in [6.45, 7) is 0.307. The molecule has 2 rings (SSSR count). The number of benzene rings is 1. The zero-order valence-corrected chi connectivity index (χ0v) is 11.6. The van der Waals surface area contributed by atoms with Crippen molar-refractivity contribution in [1.82, 2.24) is 5.32 Å². The number of hydrogen-bond acceptors (Lipinski definition) is 3. The number of carbonyl (C=O) groups excluding carboxylic acids is 1. The van der Waals surface area contributed by atoms with Gasteiger partial charge in [-0.3, -0.25) is 9.59 Å². The first-order valence-corrected chi connectivity index (χ1v) is 7.01. The predicted molar refractivity (Wildman–Crippen MR) is 75.1 cm³/mol. The van der Waals surface area contributed by atoms with Gasteiger partial charge in [0.1, 0.15) is 5.82 Å². The van der Waals surface area contributed by atoms with Crippen LogP contribution in [0.5, 0.6) is 0 Å². The van der Waals surface area contributed by atoms with Gasteiger partial charge in [-0.25, -0.2) is 4.39 Å². The van der Waals surface area contributed by atoms with Crippen LogP contribution in [-0.4, -0.2) is 23.0 Å². The smallest absolute Gasteiger partial charge is 0.306 e. The number of rotatable bonds is 5. The molecule has 0 saturated heterocycles. The summed E-state index contributed by atoms with van der Waals surface area (Å²) >= 11 is 0. The van der Waals surface area contributed by atoms with Crippen molar-refractivity contribution >= 4 is 11.9 Å². The average molecular weight is 294 g/mol. The minimum Gasteiger partial charge on any atom is -0.481 e. The molecule has 2 unspecified atom stereocenters. The fraction of sp³-hybridized carbons (Fsp3) is 0.467. The first-order chi connectivity index (χ1) is 9.97. The number of carboxylic acid groups (broad SMARTS) is 1. The number of amides is 1. The molecular weight excluding hydrogens is 275 g/mol. The van der Waals surface area contributed by atoms with Crippen molar-refractivity contribution in [1.29, 1.82) is 0 Å². The van der Waals surface area contributed by atoms with Crippen LogP contribution in [0.1, 0.15) is 41.6 Å². The van der Waals surface area contributed by atoms with Crippen molar-refractivity contribution in [3.05, 3.63) is 35.1 Å². The third kappa shape index (κ3) is 4.01. The lowest BCUT2D eigenvalue weighted by Gasteiger charge is -2.27. The summed E-state index contributed by atoms with van der Waals surface area (Å²) in [5, 5.41) is 12.2. The van der Waals surface area contributed by atoms with Crippen LogP contribution in [0.2, 0.25) is 0 Å². The van der Waals surface area contributed by atoms with E-state index in [1.807, 2.05) is 0 Å². The Hall–Kier alpha value is -1.95. The maximum absolute atomic E-state index is 13.8. The molecule has 5 nitrogen and oxygen atoms in total. The molecule has 1 amide bonds. The number of aliphatic carboxylic acids is 1. The van der Waals surface area contributed by atoms with Gasteiger partial charge < -0.3 is 16.2 Å². The number of nitrogens with two attached hydrogens (primary N) is 1. The Morgan fingerprint density at radius 1 is 1.38 bits per heavy atom. The molecule has 1 fully saturated rings. The summed E-state index contributed by atoms with van der Waals surface area (Å²) in [6, 6.07) is 4.22. The predicted octanol–water partition coefficient (Wildman–Crippen LogP) is 1.66. The van der Waals surface area contributed by atoms with Gasteiger partial charge in [-0.15, -0.1) is 0 Å². The lowest BCUT2D eigenvalue weighted by Crippen LogP contribution is -2.36. The summed E-state index contributed by atoms with van der Waals surface area (Å²) in [6.07, 6.45) is 3.02. The molecule has 0 aliphatic heterocycles. The van der Waals surface area contributed by atoms with Crippen molar-refractivity contribution in [2.24, 2.45) is 11.7 Å². The normalized spacial score (nSPS) is 22.0. The van der Waals surface area contributed by atoms with E-state index in [-0.39, 0.29) is 17.5 Å². The number of halogens is 1. The lowest BCUT2D eigenvalue weighted by atomic mass is 9.86. The van der Waals surface area contributed by atoms with E-state index < -0.39 is 17.7 Å². The molecule has 1 aromatic carbocycles. The van der Waals surface area contributed by atoms with Crippen molar-refractivity contribution in [2.45, 2.75) is 38.3 Å². The summed E-state index contributed by atoms with van der Waals surface area (Å²) in [4.78, 5) is 22.0. The summed E-state index contributed by atoms with van der Waals surface area (Å²) in [5.41, 5.74) is 5.67. The molecule has 1 aliphatic carbocycles. The highest BCUT2D eigenvalue weighted by atomic mass is 19.1. The second kappa shape index (κ2) is 6.67. The Morgan fingerprint density at radius 3 is 2.76 bits per heavy atom. The zero-order valence-electron chi connectivity index (χ0n) is 11.6. The molecule has 0 bridgehead atoms. The van der Waals surface area contributed by atoms with E-state index >= 15 is 0 Å². The van der Waals surface area contributed by atoms with Crippen molar-refractivity contribution in [3.63, 3.8) is 0 Å². The lowest BCUT2D eigenvalue weighted by molar-refractivity contribution is -0.143. The number of hydrogen-bond donors (Lipinski definition) is 3. The summed E-state index contributed by atoms with van der Waals surface area (Å²) in [5.74, 6) is -2.23. The first kappa shape index (κ1) is 15.4. The highest BCUT2D eigenvalue weighted by Crippen LogP contribution is 2.24. The maximum Gasteiger partial charge on any atom is 0.306 e. The maximum atomic E-state index is 13.8. The fourth-order valence-corrected chi connectivity index (χ4v) is 2.70. The Bertz CT molecular complexity index is 548. The standard InChI is InChI=1S/C15H19FN2O3/c16-13-7-9(14(17)19)4-5-11(13)8-18-12-3-1-2-10(6-12)15(20)21/h4-5,7,10,12,18H,1-3,6,8H2,(H2,17,19)(H,20,21). The number of carboxylic acids is 1. The number of primary amides is 1. The molecule has 6 heteroatoms. The quantitative estimate of drug-likeness (QED) is 0.770. The monoisotopic (exact) mass is 294 g/mol. The Labute approximate surface area is 122 Å². The van der Waals surface area contributed by atoms with Gasteiger partial charge in [-0.1, -0.05) is 12.5 Å². The number of carbonyl (C=O) groups is 2. The molecular formula is C15H19FN2O3. The van der Waals surface area contributed by atoms with Crippen LogP contribution >= 0.6 is 0 Å². The third-order valence-electron chi connectivity index (χ3n) is 3.94. The van der Waals surface area contributed by atoms with E-state index in [2.05, 4.69) is 5.32 Å². The molecule has 1 aromatic rings. The minimum atomic E-state index is -0.765. The van der Waals surface area contributed by atoms with Gasteiger partial charge in [0.05, 0.1) is 5.92 Å². The van der Waals surface area contributed by atoms with E-state index in [0.29, 0.717) is 24.9 Å². The van der Waals surface area contributed by atoms with Crippen LogP contribution in [0.3, 0.4) is 0 Å². The van der Waals surface area contributed by atoms with Gasteiger partial charge in [-0.2, -0.15) is 0 Å². The molecule has 0 radical (unpaired) electrons. The molecule has 4 N–H and O–H groups in total. The molecule has 1 saturated carbocycles. The van der Waals surface area contributed by atoms with Crippen molar-refractivity contribution < 1.29 is 19.1 Å². The molecule has 0 heterocycles. The van der Waals surface area contributed by atoms with Gasteiger partial charge in [-0.05, 0) is 31.4 Å². The van der Waals surface area contributed by atoms with Crippen molar-refractivity contribution in [3.8, 4) is 0 Å². The van der Waals surface area contributed by atoms with E-state index in [1.165, 1.54) is 12.1 Å². The number of nitrogens with one attached hydrogen (secondary N) is 1. The molecule has 2 atom stereocenters. The van der Waals surface area contributed by atoms with E-state index in [9.17, 15) is 14.0 Å². The van der Waals surface area contributed by atoms with E-state index in [1.54, 1.807) is 0 Å². The molecule has 114 valence electrons. The highest BCUT2D eigenvalue weighted by molar-refractivity contribution is 5.92. The largest absolute Gasteiger partial charge is 0.481 e. The topological polar surface area (TPSA) is 92.4 Å².